The number of hydrogen-bond acceptors (Lipinski definition) is 2. The zero-order valence-electron chi connectivity index (χ0n) is 9.08. The average Bonchev–Trinajstić information content (AvgIpc) is 2.56. The molecule has 0 aromatic heterocycles. The van der Waals surface area contributed by atoms with E-state index >= 15 is 0 Å². The van der Waals surface area contributed by atoms with E-state index in [4.69, 9.17) is 11.6 Å². The fourth-order valence-electron chi connectivity index (χ4n) is 1.58. The van der Waals surface area contributed by atoms with Crippen LogP contribution in [0.4, 0.5) is 0 Å². The Balaban J connectivity index is 2.62. The highest BCUT2D eigenvalue weighted by molar-refractivity contribution is 6.71. The summed E-state index contributed by atoms with van der Waals surface area (Å²) in [7, 11) is 4.01. The highest BCUT2D eigenvalue weighted by Gasteiger charge is 2.20. The predicted molar refractivity (Wildman–Crippen MR) is 65.1 cm³/mol. The van der Waals surface area contributed by atoms with Crippen molar-refractivity contribution in [1.29, 1.82) is 0 Å². The van der Waals surface area contributed by atoms with Crippen molar-refractivity contribution in [3.05, 3.63) is 41.1 Å². The minimum atomic E-state index is 0.585. The summed E-state index contributed by atoms with van der Waals surface area (Å²) in [6.07, 6.45) is 0. The van der Waals surface area contributed by atoms with Gasteiger partial charge in [-0.15, -0.1) is 0 Å². The lowest BCUT2D eigenvalue weighted by Crippen LogP contribution is -2.09. The van der Waals surface area contributed by atoms with E-state index < -0.39 is 0 Å². The number of fused-ring (bicyclic) bond motifs is 1. The second-order valence-electron chi connectivity index (χ2n) is 3.78. The quantitative estimate of drug-likeness (QED) is 0.711. The number of rotatable bonds is 1. The van der Waals surface area contributed by atoms with Crippen molar-refractivity contribution in [2.75, 3.05) is 14.1 Å². The maximum absolute atomic E-state index is 6.08. The molecule has 0 unspecified atom stereocenters. The number of hydrogen-bond donors (Lipinski definition) is 0. The minimum Gasteiger partial charge on any atom is -0.379 e. The molecule has 0 bridgehead atoms. The van der Waals surface area contributed by atoms with Crippen LogP contribution in [0, 0.1) is 0 Å². The first-order chi connectivity index (χ1) is 7.11. The van der Waals surface area contributed by atoms with Gasteiger partial charge < -0.3 is 4.90 Å². The molecule has 0 amide bonds. The van der Waals surface area contributed by atoms with Crippen LogP contribution in [0.1, 0.15) is 18.1 Å². The van der Waals surface area contributed by atoms with Crippen molar-refractivity contribution in [2.45, 2.75) is 6.92 Å². The predicted octanol–water partition coefficient (Wildman–Crippen LogP) is 2.94. The van der Waals surface area contributed by atoms with Crippen LogP contribution in [0.3, 0.4) is 0 Å². The molecule has 78 valence electrons. The zero-order valence-corrected chi connectivity index (χ0v) is 9.84. The molecule has 1 heterocycles. The molecule has 0 radical (unpaired) electrons. The largest absolute Gasteiger partial charge is 0.379 e. The maximum atomic E-state index is 6.08. The Hall–Kier alpha value is -1.28. The Morgan fingerprint density at radius 2 is 1.80 bits per heavy atom. The molecule has 0 saturated carbocycles. The fraction of sp³-hybridized carbons (Fsp3) is 0.250. The van der Waals surface area contributed by atoms with Crippen molar-refractivity contribution in [3.8, 4) is 0 Å². The van der Waals surface area contributed by atoms with E-state index in [-0.39, 0.29) is 0 Å². The van der Waals surface area contributed by atoms with Crippen LogP contribution in [-0.2, 0) is 0 Å². The van der Waals surface area contributed by atoms with Crippen molar-refractivity contribution in [3.63, 3.8) is 0 Å². The van der Waals surface area contributed by atoms with Gasteiger partial charge in [-0.05, 0) is 6.92 Å². The lowest BCUT2D eigenvalue weighted by molar-refractivity contribution is 0.515. The number of allylic oxidation sites excluding steroid dienone is 1. The van der Waals surface area contributed by atoms with E-state index in [9.17, 15) is 0 Å². The van der Waals surface area contributed by atoms with Gasteiger partial charge in [-0.3, -0.25) is 0 Å². The molecule has 3 heteroatoms. The van der Waals surface area contributed by atoms with E-state index in [1.807, 2.05) is 44.1 Å². The summed E-state index contributed by atoms with van der Waals surface area (Å²) in [5.74, 6) is 0. The summed E-state index contributed by atoms with van der Waals surface area (Å²) in [5.41, 5.74) is 4.24. The molecule has 0 aliphatic carbocycles. The van der Waals surface area contributed by atoms with E-state index in [0.29, 0.717) is 5.17 Å². The molecule has 1 aliphatic heterocycles. The first kappa shape index (κ1) is 10.2. The summed E-state index contributed by atoms with van der Waals surface area (Å²) in [4.78, 5) is 6.44. The smallest absolute Gasteiger partial charge is 0.137 e. The first-order valence-corrected chi connectivity index (χ1v) is 5.21. The Morgan fingerprint density at radius 1 is 1.20 bits per heavy atom. The lowest BCUT2D eigenvalue weighted by Gasteiger charge is -2.14. The molecule has 0 spiro atoms. The number of halogens is 1. The number of nitrogens with zero attached hydrogens (tertiary/aromatic N) is 2. The summed E-state index contributed by atoms with van der Waals surface area (Å²) < 4.78 is 0. The molecule has 2 rings (SSSR count). The molecule has 1 aromatic carbocycles. The SMILES string of the molecule is CC(=C1N=C(Cl)c2ccccc21)N(C)C. The van der Waals surface area contributed by atoms with Gasteiger partial charge in [-0.2, -0.15) is 0 Å². The molecule has 0 saturated heterocycles. The van der Waals surface area contributed by atoms with Gasteiger partial charge in [0.25, 0.3) is 0 Å². The Morgan fingerprint density at radius 3 is 2.40 bits per heavy atom. The second kappa shape index (κ2) is 3.70. The summed E-state index contributed by atoms with van der Waals surface area (Å²) in [6, 6.07) is 8.03. The monoisotopic (exact) mass is 220 g/mol. The van der Waals surface area contributed by atoms with E-state index in [1.165, 1.54) is 0 Å². The van der Waals surface area contributed by atoms with Crippen LogP contribution in [0.15, 0.2) is 35.0 Å². The molecular formula is C12H13ClN2. The molecule has 15 heavy (non-hydrogen) atoms. The zero-order chi connectivity index (χ0) is 11.0. The Labute approximate surface area is 94.9 Å². The maximum Gasteiger partial charge on any atom is 0.137 e. The van der Waals surface area contributed by atoms with Crippen LogP contribution in [0.25, 0.3) is 5.70 Å². The summed E-state index contributed by atoms with van der Waals surface area (Å²) in [5, 5.41) is 0.585. The highest BCUT2D eigenvalue weighted by atomic mass is 35.5. The molecule has 1 aromatic rings. The summed E-state index contributed by atoms with van der Waals surface area (Å²) >= 11 is 6.08. The van der Waals surface area contributed by atoms with Crippen molar-refractivity contribution >= 4 is 22.5 Å². The standard InChI is InChI=1S/C12H13ClN2/c1-8(15(2)3)11-9-6-4-5-7-10(9)12(13)14-11/h4-7H,1-3H3. The molecule has 0 N–H and O–H groups in total. The van der Waals surface area contributed by atoms with Gasteiger partial charge in [0.1, 0.15) is 5.17 Å². The van der Waals surface area contributed by atoms with Gasteiger partial charge in [-0.25, -0.2) is 4.99 Å². The normalized spacial score (nSPS) is 17.2. The van der Waals surface area contributed by atoms with E-state index in [2.05, 4.69) is 11.1 Å². The molecule has 1 aliphatic rings. The van der Waals surface area contributed by atoms with Crippen molar-refractivity contribution in [1.82, 2.24) is 4.90 Å². The van der Waals surface area contributed by atoms with Crippen molar-refractivity contribution in [2.24, 2.45) is 4.99 Å². The van der Waals surface area contributed by atoms with E-state index in [1.54, 1.807) is 0 Å². The topological polar surface area (TPSA) is 15.6 Å². The highest BCUT2D eigenvalue weighted by Crippen LogP contribution is 2.32. The molecular weight excluding hydrogens is 208 g/mol. The van der Waals surface area contributed by atoms with Gasteiger partial charge in [0.2, 0.25) is 0 Å². The van der Waals surface area contributed by atoms with Crippen molar-refractivity contribution < 1.29 is 0 Å². The molecule has 0 fully saturated rings. The molecule has 0 atom stereocenters. The van der Waals surface area contributed by atoms with Crippen LogP contribution in [-0.4, -0.2) is 24.2 Å². The minimum absolute atomic E-state index is 0.585. The van der Waals surface area contributed by atoms with Gasteiger partial charge >= 0.3 is 0 Å². The summed E-state index contributed by atoms with van der Waals surface area (Å²) in [6.45, 7) is 2.05. The third-order valence-electron chi connectivity index (χ3n) is 2.63. The van der Waals surface area contributed by atoms with E-state index in [0.717, 1.165) is 22.5 Å². The van der Waals surface area contributed by atoms with Crippen LogP contribution in [0.5, 0.6) is 0 Å². The van der Waals surface area contributed by atoms with Crippen LogP contribution in [0.2, 0.25) is 0 Å². The Bertz CT molecular complexity index is 458. The Kier molecular flexibility index (Phi) is 2.53. The fourth-order valence-corrected chi connectivity index (χ4v) is 1.83. The van der Waals surface area contributed by atoms with Crippen LogP contribution < -0.4 is 0 Å². The van der Waals surface area contributed by atoms with Gasteiger partial charge in [-0.1, -0.05) is 35.9 Å². The third-order valence-corrected chi connectivity index (χ3v) is 2.92. The lowest BCUT2D eigenvalue weighted by atomic mass is 10.1. The molecule has 2 nitrogen and oxygen atoms in total. The van der Waals surface area contributed by atoms with Gasteiger partial charge in [0.05, 0.1) is 5.70 Å². The third kappa shape index (κ3) is 1.65. The van der Waals surface area contributed by atoms with Crippen LogP contribution >= 0.6 is 11.6 Å². The second-order valence-corrected chi connectivity index (χ2v) is 4.13. The van der Waals surface area contributed by atoms with Gasteiger partial charge in [0.15, 0.2) is 0 Å². The first-order valence-electron chi connectivity index (χ1n) is 4.83. The number of benzene rings is 1. The van der Waals surface area contributed by atoms with Gasteiger partial charge in [0, 0.05) is 30.9 Å². The average molecular weight is 221 g/mol. The number of aliphatic imine (C=N–C) groups is 1.